The van der Waals surface area contributed by atoms with Crippen molar-refractivity contribution in [2.75, 3.05) is 25.5 Å². The molecule has 3 unspecified atom stereocenters. The Morgan fingerprint density at radius 3 is 2.86 bits per heavy atom. The Balaban J connectivity index is 0.00000256. The highest BCUT2D eigenvalue weighted by Gasteiger charge is 2.36. The summed E-state index contributed by atoms with van der Waals surface area (Å²) in [6, 6.07) is 7.96. The second-order valence-corrected chi connectivity index (χ2v) is 7.85. The van der Waals surface area contributed by atoms with Crippen molar-refractivity contribution in [3.05, 3.63) is 35.5 Å². The summed E-state index contributed by atoms with van der Waals surface area (Å²) in [7, 11) is 1.69. The molecular weight excluding hydrogens is 368 g/mol. The first kappa shape index (κ1) is 19.8. The number of hydrogen-bond acceptors (Lipinski definition) is 5. The third kappa shape index (κ3) is 3.48. The first-order valence-corrected chi connectivity index (χ1v) is 10.5. The van der Waals surface area contributed by atoms with E-state index in [1.807, 2.05) is 28.8 Å². The normalized spacial score (nSPS) is 22.6. The second kappa shape index (κ2) is 8.06. The van der Waals surface area contributed by atoms with Gasteiger partial charge in [0.25, 0.3) is 0 Å². The standard InChI is InChI=1S/C22H30N4O3.H2/c1-5-14(3)19-16(6-2)20(29-22(27)25-12-11-15(13-25)28-4)26-18-10-8-7-9-17(18)23-21(26)24-19;/h7-10,14-15,20H,5-6,11-13H2,1-4H3,(H,23,24);1H. The summed E-state index contributed by atoms with van der Waals surface area (Å²) in [4.78, 5) is 19.5. The van der Waals surface area contributed by atoms with Crippen LogP contribution in [0.2, 0.25) is 0 Å². The Hall–Kier alpha value is -2.54. The Kier molecular flexibility index (Phi) is 5.50. The largest absolute Gasteiger partial charge is 0.421 e. The number of carbonyl (C=O) groups is 1. The number of methoxy groups -OCH3 is 1. The minimum absolute atomic E-state index is 0. The Bertz CT molecular complexity index is 942. The van der Waals surface area contributed by atoms with Crippen molar-refractivity contribution >= 4 is 23.1 Å². The minimum Gasteiger partial charge on any atom is -0.421 e. The summed E-state index contributed by atoms with van der Waals surface area (Å²) in [5, 5.41) is 3.53. The third-order valence-electron chi connectivity index (χ3n) is 6.16. The molecule has 4 rings (SSSR count). The van der Waals surface area contributed by atoms with Crippen LogP contribution >= 0.6 is 0 Å². The number of aromatic nitrogens is 2. The predicted octanol–water partition coefficient (Wildman–Crippen LogP) is 4.77. The number of likely N-dealkylation sites (tertiary alicyclic amines) is 1. The zero-order chi connectivity index (χ0) is 20.5. The van der Waals surface area contributed by atoms with Gasteiger partial charge in [-0.2, -0.15) is 0 Å². The second-order valence-electron chi connectivity index (χ2n) is 7.85. The maximum atomic E-state index is 13.0. The van der Waals surface area contributed by atoms with E-state index < -0.39 is 6.23 Å². The molecule has 0 spiro atoms. The van der Waals surface area contributed by atoms with Crippen molar-refractivity contribution in [2.45, 2.75) is 52.4 Å². The molecule has 2 aliphatic heterocycles. The van der Waals surface area contributed by atoms with Crippen molar-refractivity contribution in [3.8, 4) is 0 Å². The fraction of sp³-hybridized carbons (Fsp3) is 0.545. The van der Waals surface area contributed by atoms with E-state index in [1.54, 1.807) is 12.0 Å². The number of rotatable bonds is 5. The van der Waals surface area contributed by atoms with Crippen molar-refractivity contribution in [1.29, 1.82) is 0 Å². The summed E-state index contributed by atoms with van der Waals surface area (Å²) < 4.78 is 13.6. The molecule has 1 aromatic carbocycles. The lowest BCUT2D eigenvalue weighted by molar-refractivity contribution is 0.0453. The van der Waals surface area contributed by atoms with Crippen LogP contribution in [-0.2, 0) is 9.47 Å². The number of carbonyl (C=O) groups excluding carboxylic acids is 1. The van der Waals surface area contributed by atoms with Gasteiger partial charge in [-0.05, 0) is 37.3 Å². The molecule has 0 bridgehead atoms. The van der Waals surface area contributed by atoms with Gasteiger partial charge in [0, 0.05) is 26.4 Å². The van der Waals surface area contributed by atoms with E-state index in [1.165, 1.54) is 0 Å². The van der Waals surface area contributed by atoms with Crippen LogP contribution < -0.4 is 5.32 Å². The van der Waals surface area contributed by atoms with E-state index >= 15 is 0 Å². The highest BCUT2D eigenvalue weighted by Crippen LogP contribution is 2.40. The molecule has 0 aliphatic carbocycles. The van der Waals surface area contributed by atoms with Gasteiger partial charge in [-0.3, -0.25) is 4.57 Å². The van der Waals surface area contributed by atoms with E-state index in [-0.39, 0.29) is 13.6 Å². The van der Waals surface area contributed by atoms with Crippen LogP contribution in [0.3, 0.4) is 0 Å². The summed E-state index contributed by atoms with van der Waals surface area (Å²) >= 11 is 0. The van der Waals surface area contributed by atoms with Gasteiger partial charge in [0.05, 0.1) is 23.7 Å². The first-order valence-electron chi connectivity index (χ1n) is 10.5. The Morgan fingerprint density at radius 1 is 1.38 bits per heavy atom. The fourth-order valence-electron chi connectivity index (χ4n) is 4.25. The molecule has 1 N–H and O–H groups in total. The number of nitrogens with one attached hydrogen (secondary N) is 1. The molecule has 7 nitrogen and oxygen atoms in total. The molecular formula is C22H32N4O3. The number of fused-ring (bicyclic) bond motifs is 3. The molecule has 3 atom stereocenters. The van der Waals surface area contributed by atoms with E-state index in [0.717, 1.165) is 47.5 Å². The van der Waals surface area contributed by atoms with Crippen LogP contribution in [0.15, 0.2) is 35.5 Å². The topological polar surface area (TPSA) is 68.6 Å². The third-order valence-corrected chi connectivity index (χ3v) is 6.16. The number of para-hydroxylation sites is 2. The molecule has 2 aromatic rings. The average Bonchev–Trinajstić information content (AvgIpc) is 3.37. The fourth-order valence-corrected chi connectivity index (χ4v) is 4.25. The molecule has 29 heavy (non-hydrogen) atoms. The highest BCUT2D eigenvalue weighted by atomic mass is 16.6. The van der Waals surface area contributed by atoms with Crippen molar-refractivity contribution in [1.82, 2.24) is 14.5 Å². The molecule has 3 heterocycles. The maximum Gasteiger partial charge on any atom is 0.412 e. The molecule has 2 aliphatic rings. The monoisotopic (exact) mass is 400 g/mol. The number of benzene rings is 1. The summed E-state index contributed by atoms with van der Waals surface area (Å²) in [6.45, 7) is 7.70. The summed E-state index contributed by atoms with van der Waals surface area (Å²) in [6.07, 6.45) is 1.91. The molecule has 1 aromatic heterocycles. The lowest BCUT2D eigenvalue weighted by atomic mass is 9.96. The maximum absolute atomic E-state index is 13.0. The van der Waals surface area contributed by atoms with Gasteiger partial charge in [0.2, 0.25) is 12.2 Å². The smallest absolute Gasteiger partial charge is 0.412 e. The quantitative estimate of drug-likeness (QED) is 0.783. The van der Waals surface area contributed by atoms with E-state index in [4.69, 9.17) is 14.5 Å². The Labute approximate surface area is 173 Å². The predicted molar refractivity (Wildman–Crippen MR) is 115 cm³/mol. The van der Waals surface area contributed by atoms with Gasteiger partial charge in [0.15, 0.2) is 0 Å². The zero-order valence-electron chi connectivity index (χ0n) is 17.6. The number of nitrogens with zero attached hydrogens (tertiary/aromatic N) is 3. The van der Waals surface area contributed by atoms with Gasteiger partial charge < -0.3 is 19.7 Å². The van der Waals surface area contributed by atoms with Gasteiger partial charge in [0.1, 0.15) is 0 Å². The summed E-state index contributed by atoms with van der Waals surface area (Å²) in [5.41, 5.74) is 4.06. The average molecular weight is 401 g/mol. The van der Waals surface area contributed by atoms with Crippen molar-refractivity contribution in [2.24, 2.45) is 5.92 Å². The van der Waals surface area contributed by atoms with Crippen LogP contribution in [0.4, 0.5) is 10.7 Å². The molecule has 158 valence electrons. The molecule has 0 radical (unpaired) electrons. The van der Waals surface area contributed by atoms with E-state index in [0.29, 0.717) is 19.0 Å². The van der Waals surface area contributed by atoms with Crippen molar-refractivity contribution in [3.63, 3.8) is 0 Å². The molecule has 1 amide bonds. The molecule has 1 fully saturated rings. The van der Waals surface area contributed by atoms with Gasteiger partial charge in [-0.25, -0.2) is 9.78 Å². The molecule has 7 heteroatoms. The molecule has 1 saturated heterocycles. The Morgan fingerprint density at radius 2 is 2.17 bits per heavy atom. The van der Waals surface area contributed by atoms with Crippen LogP contribution in [0.5, 0.6) is 0 Å². The van der Waals surface area contributed by atoms with E-state index in [2.05, 4.69) is 26.1 Å². The number of imidazole rings is 1. The first-order chi connectivity index (χ1) is 14.1. The van der Waals surface area contributed by atoms with E-state index in [9.17, 15) is 4.79 Å². The minimum atomic E-state index is -0.498. The zero-order valence-corrected chi connectivity index (χ0v) is 17.6. The number of ether oxygens (including phenoxy) is 2. The summed E-state index contributed by atoms with van der Waals surface area (Å²) in [5.74, 6) is 1.05. The highest BCUT2D eigenvalue weighted by molar-refractivity contribution is 5.80. The van der Waals surface area contributed by atoms with Crippen LogP contribution in [0.25, 0.3) is 11.0 Å². The van der Waals surface area contributed by atoms with Crippen molar-refractivity contribution < 1.29 is 15.7 Å². The lowest BCUT2D eigenvalue weighted by Crippen LogP contribution is -2.35. The van der Waals surface area contributed by atoms with Gasteiger partial charge in [-0.15, -0.1) is 0 Å². The number of amides is 1. The van der Waals surface area contributed by atoms with Gasteiger partial charge >= 0.3 is 6.09 Å². The number of anilines is 1. The SMILES string of the molecule is CCC1=C(C(C)CC)Nc2nc3ccccc3n2C1OC(=O)N1CCC(OC)C1.[HH]. The number of allylic oxidation sites excluding steroid dienone is 1. The van der Waals surface area contributed by atoms with Crippen LogP contribution in [-0.4, -0.2) is 46.8 Å². The van der Waals surface area contributed by atoms with Crippen LogP contribution in [0, 0.1) is 5.92 Å². The van der Waals surface area contributed by atoms with Gasteiger partial charge in [-0.1, -0.05) is 32.9 Å². The lowest BCUT2D eigenvalue weighted by Gasteiger charge is -2.34. The number of hydrogen-bond donors (Lipinski definition) is 1. The molecule has 0 saturated carbocycles. The van der Waals surface area contributed by atoms with Crippen LogP contribution in [0.1, 0.15) is 47.7 Å².